The van der Waals surface area contributed by atoms with Crippen LogP contribution in [0.5, 0.6) is 0 Å². The number of amides is 1. The maximum atomic E-state index is 11.6. The van der Waals surface area contributed by atoms with E-state index in [0.29, 0.717) is 5.92 Å². The molecular formula is C11H22N2O3. The Hall–Kier alpha value is -1.10. The van der Waals surface area contributed by atoms with Crippen molar-refractivity contribution in [3.8, 4) is 0 Å². The number of esters is 1. The molecule has 0 bridgehead atoms. The first-order valence-electron chi connectivity index (χ1n) is 5.43. The van der Waals surface area contributed by atoms with Gasteiger partial charge in [-0.05, 0) is 19.9 Å². The van der Waals surface area contributed by atoms with E-state index >= 15 is 0 Å². The topological polar surface area (TPSA) is 58.6 Å². The molecule has 0 aromatic heterocycles. The van der Waals surface area contributed by atoms with Gasteiger partial charge in [-0.25, -0.2) is 0 Å². The molecule has 0 rings (SSSR count). The predicted molar refractivity (Wildman–Crippen MR) is 62.0 cm³/mol. The normalized spacial score (nSPS) is 12.7. The molecule has 5 heteroatoms. The molecule has 0 spiro atoms. The third kappa shape index (κ3) is 5.70. The first-order valence-corrected chi connectivity index (χ1v) is 5.43. The number of nitrogens with zero attached hydrogens (tertiary/aromatic N) is 1. The van der Waals surface area contributed by atoms with Gasteiger partial charge >= 0.3 is 5.97 Å². The van der Waals surface area contributed by atoms with Gasteiger partial charge in [-0.3, -0.25) is 14.5 Å². The third-order valence-electron chi connectivity index (χ3n) is 2.33. The summed E-state index contributed by atoms with van der Waals surface area (Å²) < 4.78 is 4.44. The van der Waals surface area contributed by atoms with Crippen molar-refractivity contribution in [2.24, 2.45) is 5.92 Å². The largest absolute Gasteiger partial charge is 0.468 e. The molecule has 1 atom stereocenters. The number of carbonyl (C=O) groups is 2. The molecule has 1 amide bonds. The number of nitrogens with one attached hydrogen (secondary N) is 1. The lowest BCUT2D eigenvalue weighted by Crippen LogP contribution is -2.45. The highest BCUT2D eigenvalue weighted by atomic mass is 16.5. The van der Waals surface area contributed by atoms with Crippen LogP contribution in [-0.2, 0) is 14.3 Å². The van der Waals surface area contributed by atoms with E-state index in [1.54, 1.807) is 0 Å². The standard InChI is InChI=1S/C11H22N2O3/c1-8(2)7-13(4)9(3)11(15)12-6-10(14)16-5/h8-9H,6-7H2,1-5H3,(H,12,15). The average molecular weight is 230 g/mol. The zero-order valence-electron chi connectivity index (χ0n) is 10.7. The molecule has 0 aromatic carbocycles. The van der Waals surface area contributed by atoms with Crippen molar-refractivity contribution in [3.05, 3.63) is 0 Å². The average Bonchev–Trinajstić information content (AvgIpc) is 2.23. The molecule has 5 nitrogen and oxygen atoms in total. The lowest BCUT2D eigenvalue weighted by atomic mass is 10.2. The van der Waals surface area contributed by atoms with Crippen molar-refractivity contribution in [2.45, 2.75) is 26.8 Å². The Bertz CT molecular complexity index is 241. The van der Waals surface area contributed by atoms with Crippen molar-refractivity contribution in [3.63, 3.8) is 0 Å². The van der Waals surface area contributed by atoms with Gasteiger partial charge in [0, 0.05) is 6.54 Å². The van der Waals surface area contributed by atoms with Gasteiger partial charge in [0.05, 0.1) is 13.2 Å². The van der Waals surface area contributed by atoms with E-state index in [-0.39, 0.29) is 18.5 Å². The lowest BCUT2D eigenvalue weighted by Gasteiger charge is -2.25. The van der Waals surface area contributed by atoms with E-state index in [1.165, 1.54) is 7.11 Å². The van der Waals surface area contributed by atoms with Crippen LogP contribution in [0.4, 0.5) is 0 Å². The zero-order valence-corrected chi connectivity index (χ0v) is 10.7. The summed E-state index contributed by atoms with van der Waals surface area (Å²) in [6, 6.07) is -0.243. The van der Waals surface area contributed by atoms with E-state index in [0.717, 1.165) is 6.54 Å². The maximum absolute atomic E-state index is 11.6. The van der Waals surface area contributed by atoms with Crippen molar-refractivity contribution in [2.75, 3.05) is 27.2 Å². The second-order valence-corrected chi connectivity index (χ2v) is 4.30. The number of ether oxygens (including phenoxy) is 1. The number of methoxy groups -OCH3 is 1. The molecular weight excluding hydrogens is 208 g/mol. The molecule has 0 radical (unpaired) electrons. The van der Waals surface area contributed by atoms with Crippen LogP contribution in [0, 0.1) is 5.92 Å². The molecule has 0 saturated carbocycles. The highest BCUT2D eigenvalue weighted by Crippen LogP contribution is 2.01. The Labute approximate surface area is 97.1 Å². The molecule has 0 fully saturated rings. The first kappa shape index (κ1) is 14.9. The van der Waals surface area contributed by atoms with Gasteiger partial charge in [0.25, 0.3) is 0 Å². The fourth-order valence-corrected chi connectivity index (χ4v) is 1.31. The summed E-state index contributed by atoms with van der Waals surface area (Å²) in [5, 5.41) is 2.53. The minimum absolute atomic E-state index is 0.0742. The second kappa shape index (κ2) is 7.22. The van der Waals surface area contributed by atoms with Gasteiger partial charge in [0.2, 0.25) is 5.91 Å². The molecule has 0 saturated heterocycles. The van der Waals surface area contributed by atoms with Gasteiger partial charge < -0.3 is 10.1 Å². The van der Waals surface area contributed by atoms with Crippen LogP contribution in [-0.4, -0.2) is 50.1 Å². The number of hydrogen-bond acceptors (Lipinski definition) is 4. The zero-order chi connectivity index (χ0) is 12.7. The summed E-state index contributed by atoms with van der Waals surface area (Å²) in [7, 11) is 3.19. The van der Waals surface area contributed by atoms with E-state index in [1.807, 2.05) is 18.9 Å². The predicted octanol–water partition coefficient (Wildman–Crippen LogP) is 0.252. The summed E-state index contributed by atoms with van der Waals surface area (Å²) in [5.41, 5.74) is 0. The van der Waals surface area contributed by atoms with Crippen LogP contribution in [0.15, 0.2) is 0 Å². The molecule has 0 heterocycles. The summed E-state index contributed by atoms with van der Waals surface area (Å²) in [5.74, 6) is -0.0959. The molecule has 0 aliphatic rings. The monoisotopic (exact) mass is 230 g/mol. The first-order chi connectivity index (χ1) is 7.38. The summed E-state index contributed by atoms with van der Waals surface area (Å²) >= 11 is 0. The minimum Gasteiger partial charge on any atom is -0.468 e. The van der Waals surface area contributed by atoms with Crippen molar-refractivity contribution >= 4 is 11.9 Å². The molecule has 94 valence electrons. The highest BCUT2D eigenvalue weighted by molar-refractivity contribution is 5.85. The molecule has 1 N–H and O–H groups in total. The maximum Gasteiger partial charge on any atom is 0.325 e. The lowest BCUT2D eigenvalue weighted by molar-refractivity contribution is -0.141. The Morgan fingerprint density at radius 3 is 2.31 bits per heavy atom. The smallest absolute Gasteiger partial charge is 0.325 e. The van der Waals surface area contributed by atoms with Gasteiger partial charge in [-0.15, -0.1) is 0 Å². The SMILES string of the molecule is COC(=O)CNC(=O)C(C)N(C)CC(C)C. The van der Waals surface area contributed by atoms with E-state index in [4.69, 9.17) is 0 Å². The van der Waals surface area contributed by atoms with Crippen LogP contribution < -0.4 is 5.32 Å². The quantitative estimate of drug-likeness (QED) is 0.665. The fraction of sp³-hybridized carbons (Fsp3) is 0.818. The Morgan fingerprint density at radius 1 is 1.31 bits per heavy atom. The number of hydrogen-bond donors (Lipinski definition) is 1. The third-order valence-corrected chi connectivity index (χ3v) is 2.33. The van der Waals surface area contributed by atoms with Gasteiger partial charge in [0.15, 0.2) is 0 Å². The second-order valence-electron chi connectivity index (χ2n) is 4.30. The molecule has 16 heavy (non-hydrogen) atoms. The molecule has 0 aliphatic carbocycles. The highest BCUT2D eigenvalue weighted by Gasteiger charge is 2.18. The Kier molecular flexibility index (Phi) is 6.72. The van der Waals surface area contributed by atoms with Crippen molar-refractivity contribution < 1.29 is 14.3 Å². The minimum atomic E-state index is -0.438. The van der Waals surface area contributed by atoms with Crippen LogP contribution in [0.2, 0.25) is 0 Å². The van der Waals surface area contributed by atoms with E-state index in [2.05, 4.69) is 23.9 Å². The van der Waals surface area contributed by atoms with Crippen LogP contribution in [0.25, 0.3) is 0 Å². The van der Waals surface area contributed by atoms with Crippen LogP contribution >= 0.6 is 0 Å². The van der Waals surface area contributed by atoms with Crippen LogP contribution in [0.1, 0.15) is 20.8 Å². The molecule has 0 aliphatic heterocycles. The number of likely N-dealkylation sites (N-methyl/N-ethyl adjacent to an activating group) is 1. The Balaban J connectivity index is 4.02. The fourth-order valence-electron chi connectivity index (χ4n) is 1.31. The van der Waals surface area contributed by atoms with Crippen molar-refractivity contribution in [1.29, 1.82) is 0 Å². The number of carbonyl (C=O) groups excluding carboxylic acids is 2. The van der Waals surface area contributed by atoms with Gasteiger partial charge in [0.1, 0.15) is 6.54 Å². The van der Waals surface area contributed by atoms with Gasteiger partial charge in [-0.2, -0.15) is 0 Å². The van der Waals surface area contributed by atoms with Crippen LogP contribution in [0.3, 0.4) is 0 Å². The van der Waals surface area contributed by atoms with E-state index in [9.17, 15) is 9.59 Å². The Morgan fingerprint density at radius 2 is 1.88 bits per heavy atom. The molecule has 0 aromatic rings. The molecule has 1 unspecified atom stereocenters. The summed E-state index contributed by atoms with van der Waals surface area (Å²) in [6.07, 6.45) is 0. The summed E-state index contributed by atoms with van der Waals surface area (Å²) in [4.78, 5) is 24.4. The summed E-state index contributed by atoms with van der Waals surface area (Å²) in [6.45, 7) is 6.77. The van der Waals surface area contributed by atoms with Crippen molar-refractivity contribution in [1.82, 2.24) is 10.2 Å². The number of rotatable bonds is 6. The van der Waals surface area contributed by atoms with E-state index < -0.39 is 5.97 Å². The van der Waals surface area contributed by atoms with Gasteiger partial charge in [-0.1, -0.05) is 13.8 Å².